The van der Waals surface area contributed by atoms with Gasteiger partial charge in [0, 0.05) is 41.0 Å². The lowest BCUT2D eigenvalue weighted by Gasteiger charge is -2.19. The van der Waals surface area contributed by atoms with Crippen molar-refractivity contribution in [1.29, 1.82) is 0 Å². The number of hydrogen-bond acceptors (Lipinski definition) is 9. The lowest BCUT2D eigenvalue weighted by molar-refractivity contribution is -0.148. The molecular formula is C28H34BrFN4O7. The predicted octanol–water partition coefficient (Wildman–Crippen LogP) is 3.83. The zero-order chi connectivity index (χ0) is 30.3. The molecule has 41 heavy (non-hydrogen) atoms. The number of benzene rings is 1. The van der Waals surface area contributed by atoms with E-state index in [0.29, 0.717) is 12.2 Å². The Bertz CT molecular complexity index is 1270. The number of pyridine rings is 1. The largest absolute Gasteiger partial charge is 0.465 e. The molecule has 1 aromatic heterocycles. The van der Waals surface area contributed by atoms with Crippen molar-refractivity contribution in [1.82, 2.24) is 10.3 Å². The number of rotatable bonds is 14. The quantitative estimate of drug-likeness (QED) is 0.104. The molecule has 13 heteroatoms. The summed E-state index contributed by atoms with van der Waals surface area (Å²) in [7, 11) is 0. The topological polar surface area (TPSA) is 170 Å². The number of carbonyl (C=O) groups excluding carboxylic acids is 4. The van der Waals surface area contributed by atoms with Crippen molar-refractivity contribution in [2.75, 3.05) is 11.9 Å². The first-order chi connectivity index (χ1) is 19.4. The molecule has 222 valence electrons. The van der Waals surface area contributed by atoms with Gasteiger partial charge in [0.25, 0.3) is 6.29 Å². The molecule has 1 aliphatic carbocycles. The summed E-state index contributed by atoms with van der Waals surface area (Å²) in [4.78, 5) is 53.6. The lowest BCUT2D eigenvalue weighted by atomic mass is 9.99. The van der Waals surface area contributed by atoms with Gasteiger partial charge in [-0.3, -0.25) is 19.7 Å². The summed E-state index contributed by atoms with van der Waals surface area (Å²) in [5, 5.41) is 15.8. The number of Topliss-reactive ketones (excluding diaryl/α,β-unsaturated/α-hetero) is 2. The van der Waals surface area contributed by atoms with E-state index in [0.717, 1.165) is 10.5 Å². The van der Waals surface area contributed by atoms with E-state index in [-0.39, 0.29) is 54.4 Å². The number of hydrogen-bond donors (Lipinski definition) is 4. The van der Waals surface area contributed by atoms with Crippen molar-refractivity contribution in [3.05, 3.63) is 51.9 Å². The van der Waals surface area contributed by atoms with Crippen molar-refractivity contribution in [2.45, 2.75) is 70.7 Å². The minimum atomic E-state index is -2.00. The van der Waals surface area contributed by atoms with Gasteiger partial charge in [-0.1, -0.05) is 20.8 Å². The number of carbonyl (C=O) groups is 4. The van der Waals surface area contributed by atoms with E-state index in [2.05, 4.69) is 31.5 Å². The Hall–Kier alpha value is -3.42. The second-order valence-electron chi connectivity index (χ2n) is 10.0. The molecule has 3 rings (SSSR count). The summed E-state index contributed by atoms with van der Waals surface area (Å²) in [6.45, 7) is 5.08. The van der Waals surface area contributed by atoms with Crippen LogP contribution in [-0.2, 0) is 14.3 Å². The molecule has 0 bridgehead atoms. The zero-order valence-corrected chi connectivity index (χ0v) is 24.6. The van der Waals surface area contributed by atoms with Crippen molar-refractivity contribution in [3.63, 3.8) is 0 Å². The number of aromatic nitrogens is 1. The predicted molar refractivity (Wildman–Crippen MR) is 151 cm³/mol. The van der Waals surface area contributed by atoms with Crippen molar-refractivity contribution in [2.24, 2.45) is 11.7 Å². The Balaban J connectivity index is 1.67. The number of aliphatic hydroxyl groups is 1. The third-order valence-corrected chi connectivity index (χ3v) is 6.99. The van der Waals surface area contributed by atoms with E-state index in [9.17, 15) is 24.3 Å². The fourth-order valence-electron chi connectivity index (χ4n) is 3.99. The monoisotopic (exact) mass is 636 g/mol. The maximum absolute atomic E-state index is 15.1. The Morgan fingerprint density at radius 2 is 1.95 bits per heavy atom. The van der Waals surface area contributed by atoms with Crippen LogP contribution in [0.5, 0.6) is 5.75 Å². The van der Waals surface area contributed by atoms with Gasteiger partial charge in [0.2, 0.25) is 5.78 Å². The normalized spacial score (nSPS) is 17.4. The first-order valence-corrected chi connectivity index (χ1v) is 14.1. The number of ether oxygens (including phenoxy) is 2. The number of ketones is 2. The maximum Gasteiger partial charge on any atom is 0.323 e. The van der Waals surface area contributed by atoms with Crippen LogP contribution in [0.1, 0.15) is 68.3 Å². The molecule has 0 saturated heterocycles. The fraction of sp³-hybridized carbons (Fsp3) is 0.464. The summed E-state index contributed by atoms with van der Waals surface area (Å²) in [5.41, 5.74) is 5.73. The van der Waals surface area contributed by atoms with Gasteiger partial charge in [-0.15, -0.1) is 0 Å². The SMILES string of the molecule is CCC(=O)c1ccc(F)c(C2CC2NC(=O)Nc2ccc(Br)cn2)c1OC(O)C(=O)CCCOC(=O)[C@@H](N)C(C)C. The molecule has 11 nitrogen and oxygen atoms in total. The smallest absolute Gasteiger partial charge is 0.323 e. The average Bonchev–Trinajstić information content (AvgIpc) is 3.69. The van der Waals surface area contributed by atoms with Crippen LogP contribution < -0.4 is 21.1 Å². The van der Waals surface area contributed by atoms with Crippen molar-refractivity contribution < 1.29 is 38.1 Å². The van der Waals surface area contributed by atoms with E-state index in [1.165, 1.54) is 12.3 Å². The molecule has 1 aromatic carbocycles. The lowest BCUT2D eigenvalue weighted by Crippen LogP contribution is -2.37. The Morgan fingerprint density at radius 3 is 2.59 bits per heavy atom. The van der Waals surface area contributed by atoms with Gasteiger partial charge in [-0.05, 0) is 59.0 Å². The second-order valence-corrected chi connectivity index (χ2v) is 10.9. The summed E-state index contributed by atoms with van der Waals surface area (Å²) >= 11 is 3.26. The highest BCUT2D eigenvalue weighted by Gasteiger charge is 2.44. The zero-order valence-electron chi connectivity index (χ0n) is 23.0. The molecule has 4 atom stereocenters. The van der Waals surface area contributed by atoms with E-state index < -0.39 is 47.9 Å². The molecule has 0 spiro atoms. The van der Waals surface area contributed by atoms with Gasteiger partial charge in [0.1, 0.15) is 23.4 Å². The number of amides is 2. The van der Waals surface area contributed by atoms with Gasteiger partial charge in [-0.25, -0.2) is 14.2 Å². The van der Waals surface area contributed by atoms with Gasteiger partial charge in [0.15, 0.2) is 5.78 Å². The molecule has 1 fully saturated rings. The molecule has 2 amide bonds. The number of nitrogens with zero attached hydrogens (tertiary/aromatic N) is 1. The maximum atomic E-state index is 15.1. The van der Waals surface area contributed by atoms with Crippen LogP contribution in [-0.4, -0.2) is 58.6 Å². The highest BCUT2D eigenvalue weighted by molar-refractivity contribution is 9.10. The van der Waals surface area contributed by atoms with Crippen LogP contribution in [0.15, 0.2) is 34.9 Å². The van der Waals surface area contributed by atoms with Crippen LogP contribution in [0.3, 0.4) is 0 Å². The number of esters is 1. The molecule has 0 aliphatic heterocycles. The first-order valence-electron chi connectivity index (χ1n) is 13.3. The summed E-state index contributed by atoms with van der Waals surface area (Å²) in [6.07, 6.45) is -0.165. The number of nitrogens with two attached hydrogens (primary N) is 1. The number of aliphatic hydroxyl groups excluding tert-OH is 1. The van der Waals surface area contributed by atoms with Crippen LogP contribution in [0.2, 0.25) is 0 Å². The molecule has 0 radical (unpaired) electrons. The number of urea groups is 1. The molecule has 1 heterocycles. The average molecular weight is 638 g/mol. The van der Waals surface area contributed by atoms with Gasteiger partial charge in [-0.2, -0.15) is 0 Å². The van der Waals surface area contributed by atoms with E-state index >= 15 is 4.39 Å². The number of nitrogens with one attached hydrogen (secondary N) is 2. The standard InChI is InChI=1S/C28H34BrFN4O7/c1-4-20(35)16-8-9-18(30)23(17-12-19(17)33-28(39)34-22-10-7-15(29)13-32-22)25(16)41-26(37)21(36)6-5-11-40-27(38)24(31)14(2)3/h7-10,13-14,17,19,24,26,37H,4-6,11-12,31H2,1-3H3,(H2,32,33,34,39)/t17?,19?,24-,26?/m0/s1. The van der Waals surface area contributed by atoms with E-state index in [1.807, 2.05) is 0 Å². The molecule has 1 aliphatic rings. The minimum absolute atomic E-state index is 0.0141. The molecule has 2 aromatic rings. The Kier molecular flexibility index (Phi) is 11.3. The summed E-state index contributed by atoms with van der Waals surface area (Å²) < 4.78 is 26.5. The highest BCUT2D eigenvalue weighted by atomic mass is 79.9. The van der Waals surface area contributed by atoms with E-state index in [4.69, 9.17) is 15.2 Å². The molecule has 1 saturated carbocycles. The number of halogens is 2. The van der Waals surface area contributed by atoms with Gasteiger partial charge >= 0.3 is 12.0 Å². The van der Waals surface area contributed by atoms with Crippen LogP contribution in [0, 0.1) is 11.7 Å². The number of anilines is 1. The Morgan fingerprint density at radius 1 is 1.22 bits per heavy atom. The van der Waals surface area contributed by atoms with Gasteiger partial charge in [0.05, 0.1) is 12.2 Å². The van der Waals surface area contributed by atoms with Crippen LogP contribution >= 0.6 is 15.9 Å². The fourth-order valence-corrected chi connectivity index (χ4v) is 4.23. The van der Waals surface area contributed by atoms with Crippen LogP contribution in [0.25, 0.3) is 0 Å². The minimum Gasteiger partial charge on any atom is -0.465 e. The second kappa shape index (κ2) is 14.5. The first kappa shape index (κ1) is 32.1. The third-order valence-electron chi connectivity index (χ3n) is 6.52. The highest BCUT2D eigenvalue weighted by Crippen LogP contribution is 2.47. The van der Waals surface area contributed by atoms with Gasteiger partial charge < -0.3 is 25.6 Å². The van der Waals surface area contributed by atoms with Crippen LogP contribution in [0.4, 0.5) is 15.0 Å². The molecule has 3 unspecified atom stereocenters. The molecular weight excluding hydrogens is 603 g/mol. The third kappa shape index (κ3) is 8.78. The summed E-state index contributed by atoms with van der Waals surface area (Å²) in [5.74, 6) is -3.02. The van der Waals surface area contributed by atoms with E-state index in [1.54, 1.807) is 32.9 Å². The van der Waals surface area contributed by atoms with Crippen molar-refractivity contribution in [3.8, 4) is 5.75 Å². The summed E-state index contributed by atoms with van der Waals surface area (Å²) in [6, 6.07) is 3.84. The van der Waals surface area contributed by atoms with Crippen molar-refractivity contribution >= 4 is 45.3 Å². The Labute approximate surface area is 245 Å². The molecule has 5 N–H and O–H groups in total.